The smallest absolute Gasteiger partial charge is 0.323 e. The largest absolute Gasteiger partial charge is 0.480 e. The Morgan fingerprint density at radius 2 is 1.78 bits per heavy atom. The fraction of sp³-hybridized carbons (Fsp3) is 0.583. The third-order valence-electron chi connectivity index (χ3n) is 2.40. The van der Waals surface area contributed by atoms with Gasteiger partial charge in [-0.25, -0.2) is 9.97 Å². The van der Waals surface area contributed by atoms with Gasteiger partial charge in [0.05, 0.1) is 0 Å². The van der Waals surface area contributed by atoms with Crippen LogP contribution in [0.15, 0.2) is 6.07 Å². The lowest BCUT2D eigenvalue weighted by Crippen LogP contribution is -2.37. The number of rotatable bonds is 6. The lowest BCUT2D eigenvalue weighted by Gasteiger charge is -2.23. The molecule has 1 aromatic heterocycles. The summed E-state index contributed by atoms with van der Waals surface area (Å²) in [5.41, 5.74) is 1.69. The Morgan fingerprint density at radius 3 is 2.22 bits per heavy atom. The van der Waals surface area contributed by atoms with Crippen LogP contribution in [0.1, 0.15) is 11.4 Å². The molecule has 1 rings (SSSR count). The van der Waals surface area contributed by atoms with Crippen LogP contribution in [0.2, 0.25) is 0 Å². The van der Waals surface area contributed by atoms with Crippen molar-refractivity contribution in [3.8, 4) is 0 Å². The number of aliphatic carboxylic acids is 1. The van der Waals surface area contributed by atoms with Gasteiger partial charge in [0.25, 0.3) is 0 Å². The summed E-state index contributed by atoms with van der Waals surface area (Å²) in [5.74, 6) is -0.395. The average Bonchev–Trinajstić information content (AvgIpc) is 2.22. The van der Waals surface area contributed by atoms with Crippen LogP contribution >= 0.6 is 0 Å². The summed E-state index contributed by atoms with van der Waals surface area (Å²) in [6.45, 7) is 5.01. The number of carboxylic acids is 1. The van der Waals surface area contributed by atoms with Gasteiger partial charge in [0.2, 0.25) is 5.95 Å². The van der Waals surface area contributed by atoms with E-state index >= 15 is 0 Å². The van der Waals surface area contributed by atoms with Crippen molar-refractivity contribution in [3.63, 3.8) is 0 Å². The van der Waals surface area contributed by atoms with Crippen LogP contribution < -0.4 is 4.90 Å². The van der Waals surface area contributed by atoms with Crippen LogP contribution in [0.25, 0.3) is 0 Å². The number of aryl methyl sites for hydroxylation is 2. The fourth-order valence-corrected chi connectivity index (χ4v) is 1.58. The van der Waals surface area contributed by atoms with Crippen LogP contribution in [0.3, 0.4) is 0 Å². The Bertz CT molecular complexity index is 400. The summed E-state index contributed by atoms with van der Waals surface area (Å²) in [4.78, 5) is 23.2. The Kier molecular flexibility index (Phi) is 5.03. The SMILES string of the molecule is Cc1cc(C)nc(N(CCN(C)C)CC(=O)O)n1. The minimum absolute atomic E-state index is 0.0866. The number of aromatic nitrogens is 2. The quantitative estimate of drug-likeness (QED) is 0.797. The molecule has 0 aromatic carbocycles. The number of carboxylic acid groups (broad SMARTS) is 1. The van der Waals surface area contributed by atoms with Crippen molar-refractivity contribution in [2.75, 3.05) is 38.6 Å². The van der Waals surface area contributed by atoms with Crippen molar-refractivity contribution >= 4 is 11.9 Å². The van der Waals surface area contributed by atoms with E-state index in [1.165, 1.54) is 0 Å². The summed E-state index contributed by atoms with van der Waals surface area (Å²) in [6, 6.07) is 1.87. The second-order valence-electron chi connectivity index (χ2n) is 4.57. The molecule has 6 heteroatoms. The fourth-order valence-electron chi connectivity index (χ4n) is 1.58. The van der Waals surface area contributed by atoms with E-state index in [-0.39, 0.29) is 6.54 Å². The Labute approximate surface area is 107 Å². The molecule has 0 fully saturated rings. The van der Waals surface area contributed by atoms with Gasteiger partial charge in [-0.05, 0) is 34.0 Å². The zero-order valence-electron chi connectivity index (χ0n) is 11.3. The summed E-state index contributed by atoms with van der Waals surface area (Å²) in [6.07, 6.45) is 0. The maximum Gasteiger partial charge on any atom is 0.323 e. The van der Waals surface area contributed by atoms with Gasteiger partial charge in [-0.3, -0.25) is 4.79 Å². The summed E-state index contributed by atoms with van der Waals surface area (Å²) >= 11 is 0. The molecular formula is C12H20N4O2. The van der Waals surface area contributed by atoms with Crippen LogP contribution in [0, 0.1) is 13.8 Å². The molecule has 0 spiro atoms. The molecule has 0 unspecified atom stereocenters. The minimum atomic E-state index is -0.878. The van der Waals surface area contributed by atoms with Crippen molar-refractivity contribution < 1.29 is 9.90 Å². The number of hydrogen-bond donors (Lipinski definition) is 1. The maximum atomic E-state index is 10.9. The van der Waals surface area contributed by atoms with Crippen molar-refractivity contribution in [1.29, 1.82) is 0 Å². The van der Waals surface area contributed by atoms with E-state index in [0.717, 1.165) is 17.9 Å². The Balaban J connectivity index is 2.89. The van der Waals surface area contributed by atoms with E-state index in [1.807, 2.05) is 38.9 Å². The lowest BCUT2D eigenvalue weighted by atomic mass is 10.3. The average molecular weight is 252 g/mol. The van der Waals surface area contributed by atoms with Gasteiger partial charge in [0, 0.05) is 24.5 Å². The predicted molar refractivity (Wildman–Crippen MR) is 69.9 cm³/mol. The number of anilines is 1. The molecule has 0 saturated carbocycles. The number of hydrogen-bond acceptors (Lipinski definition) is 5. The lowest BCUT2D eigenvalue weighted by molar-refractivity contribution is -0.135. The van der Waals surface area contributed by atoms with Crippen molar-refractivity contribution in [2.24, 2.45) is 0 Å². The maximum absolute atomic E-state index is 10.9. The molecule has 100 valence electrons. The third kappa shape index (κ3) is 4.67. The summed E-state index contributed by atoms with van der Waals surface area (Å²) < 4.78 is 0. The molecule has 0 bridgehead atoms. The Morgan fingerprint density at radius 1 is 1.22 bits per heavy atom. The van der Waals surface area contributed by atoms with Gasteiger partial charge in [-0.2, -0.15) is 0 Å². The predicted octanol–water partition coefficient (Wildman–Crippen LogP) is 0.546. The second-order valence-corrected chi connectivity index (χ2v) is 4.57. The second kappa shape index (κ2) is 6.30. The molecule has 0 radical (unpaired) electrons. The molecule has 1 heterocycles. The van der Waals surface area contributed by atoms with Gasteiger partial charge in [-0.15, -0.1) is 0 Å². The first-order chi connectivity index (χ1) is 8.38. The van der Waals surface area contributed by atoms with Gasteiger partial charge < -0.3 is 14.9 Å². The van der Waals surface area contributed by atoms with Gasteiger partial charge in [0.15, 0.2) is 0 Å². The van der Waals surface area contributed by atoms with Gasteiger partial charge in [-0.1, -0.05) is 0 Å². The molecule has 0 atom stereocenters. The molecule has 1 aromatic rings. The number of carbonyl (C=O) groups is 1. The van der Waals surface area contributed by atoms with Crippen molar-refractivity contribution in [2.45, 2.75) is 13.8 Å². The number of likely N-dealkylation sites (N-methyl/N-ethyl adjacent to an activating group) is 1. The highest BCUT2D eigenvalue weighted by Crippen LogP contribution is 2.09. The number of nitrogens with zero attached hydrogens (tertiary/aromatic N) is 4. The standard InChI is InChI=1S/C12H20N4O2/c1-9-7-10(2)14-12(13-9)16(8-11(17)18)6-5-15(3)4/h7H,5-6,8H2,1-4H3,(H,17,18). The summed E-state index contributed by atoms with van der Waals surface area (Å²) in [7, 11) is 3.89. The Hall–Kier alpha value is -1.69. The van der Waals surface area contributed by atoms with Crippen molar-refractivity contribution in [3.05, 3.63) is 17.5 Å². The van der Waals surface area contributed by atoms with E-state index in [0.29, 0.717) is 12.5 Å². The summed E-state index contributed by atoms with van der Waals surface area (Å²) in [5, 5.41) is 8.94. The van der Waals surface area contributed by atoms with Crippen LogP contribution in [0.5, 0.6) is 0 Å². The third-order valence-corrected chi connectivity index (χ3v) is 2.40. The van der Waals surface area contributed by atoms with E-state index in [2.05, 4.69) is 9.97 Å². The first-order valence-corrected chi connectivity index (χ1v) is 5.82. The highest BCUT2D eigenvalue weighted by Gasteiger charge is 2.14. The molecule has 0 aliphatic carbocycles. The van der Waals surface area contributed by atoms with Crippen LogP contribution in [0.4, 0.5) is 5.95 Å². The first kappa shape index (κ1) is 14.4. The zero-order valence-corrected chi connectivity index (χ0v) is 11.3. The van der Waals surface area contributed by atoms with E-state index in [4.69, 9.17) is 5.11 Å². The molecule has 0 saturated heterocycles. The molecule has 1 N–H and O–H groups in total. The molecule has 0 amide bonds. The first-order valence-electron chi connectivity index (χ1n) is 5.82. The highest BCUT2D eigenvalue weighted by molar-refractivity contribution is 5.72. The zero-order chi connectivity index (χ0) is 13.7. The van der Waals surface area contributed by atoms with E-state index in [1.54, 1.807) is 4.90 Å². The van der Waals surface area contributed by atoms with Gasteiger partial charge >= 0.3 is 5.97 Å². The van der Waals surface area contributed by atoms with E-state index < -0.39 is 5.97 Å². The molecule has 0 aliphatic rings. The molecule has 6 nitrogen and oxygen atoms in total. The highest BCUT2D eigenvalue weighted by atomic mass is 16.4. The molecule has 0 aliphatic heterocycles. The van der Waals surface area contributed by atoms with E-state index in [9.17, 15) is 4.79 Å². The van der Waals surface area contributed by atoms with Crippen LogP contribution in [-0.2, 0) is 4.79 Å². The monoisotopic (exact) mass is 252 g/mol. The minimum Gasteiger partial charge on any atom is -0.480 e. The molecular weight excluding hydrogens is 232 g/mol. The van der Waals surface area contributed by atoms with Crippen molar-refractivity contribution in [1.82, 2.24) is 14.9 Å². The normalized spacial score (nSPS) is 10.7. The van der Waals surface area contributed by atoms with Gasteiger partial charge in [0.1, 0.15) is 6.54 Å². The topological polar surface area (TPSA) is 69.6 Å². The molecule has 18 heavy (non-hydrogen) atoms. The van der Waals surface area contributed by atoms with Crippen LogP contribution in [-0.4, -0.2) is 59.7 Å².